The largest absolute Gasteiger partial charge is 0.289 e. The van der Waals surface area contributed by atoms with Gasteiger partial charge in [0.2, 0.25) is 0 Å². The summed E-state index contributed by atoms with van der Waals surface area (Å²) in [7, 11) is 0. The van der Waals surface area contributed by atoms with Crippen LogP contribution in [0.5, 0.6) is 0 Å². The molecule has 0 bridgehead atoms. The van der Waals surface area contributed by atoms with Crippen LogP contribution in [-0.4, -0.2) is 23.7 Å². The van der Waals surface area contributed by atoms with Crippen LogP contribution in [0.25, 0.3) is 0 Å². The van der Waals surface area contributed by atoms with E-state index in [1.807, 2.05) is 43.0 Å². The molecule has 1 aliphatic heterocycles. The molecule has 0 aliphatic carbocycles. The Balaban J connectivity index is 2.14. The van der Waals surface area contributed by atoms with Gasteiger partial charge in [-0.25, -0.2) is 13.2 Å². The topological polar surface area (TPSA) is 3.24 Å². The van der Waals surface area contributed by atoms with E-state index in [4.69, 9.17) is 0 Å². The van der Waals surface area contributed by atoms with Gasteiger partial charge in [0.05, 0.1) is 6.04 Å². The minimum atomic E-state index is -1.45. The molecule has 1 atom stereocenters. The molecule has 0 N–H and O–H groups in total. The molecule has 4 heteroatoms. The lowest BCUT2D eigenvalue weighted by atomic mass is 9.86. The Kier molecular flexibility index (Phi) is 5.16. The van der Waals surface area contributed by atoms with Crippen molar-refractivity contribution >= 4 is 0 Å². The van der Waals surface area contributed by atoms with Gasteiger partial charge in [-0.1, -0.05) is 38.1 Å². The fourth-order valence-electron chi connectivity index (χ4n) is 3.81. The van der Waals surface area contributed by atoms with E-state index in [1.165, 1.54) is 26.0 Å². The molecule has 0 saturated heterocycles. The number of fused-ring (bicyclic) bond motifs is 1. The van der Waals surface area contributed by atoms with Crippen molar-refractivity contribution in [3.63, 3.8) is 0 Å². The van der Waals surface area contributed by atoms with Crippen molar-refractivity contribution in [1.82, 2.24) is 4.90 Å². The summed E-state index contributed by atoms with van der Waals surface area (Å²) in [5, 5.41) is 0. The minimum Gasteiger partial charge on any atom is -0.289 e. The fourth-order valence-corrected chi connectivity index (χ4v) is 3.81. The molecular weight excluding hydrogens is 335 g/mol. The quantitative estimate of drug-likeness (QED) is 0.667. The summed E-state index contributed by atoms with van der Waals surface area (Å²) < 4.78 is 44.4. The third kappa shape index (κ3) is 3.80. The van der Waals surface area contributed by atoms with E-state index in [9.17, 15) is 13.2 Å². The van der Waals surface area contributed by atoms with Crippen molar-refractivity contribution in [2.45, 2.75) is 51.7 Å². The first-order valence-corrected chi connectivity index (χ1v) is 9.17. The first kappa shape index (κ1) is 19.0. The molecule has 1 heterocycles. The number of hydrogen-bond donors (Lipinski definition) is 0. The highest BCUT2D eigenvalue weighted by Gasteiger charge is 2.35. The zero-order valence-corrected chi connectivity index (χ0v) is 15.8. The molecule has 3 rings (SSSR count). The van der Waals surface area contributed by atoms with Crippen molar-refractivity contribution in [2.24, 2.45) is 0 Å². The number of alkyl halides is 1. The molecule has 0 aromatic heterocycles. The van der Waals surface area contributed by atoms with E-state index in [0.717, 1.165) is 17.5 Å². The second-order valence-corrected chi connectivity index (χ2v) is 8.09. The Bertz CT molecular complexity index is 769. The van der Waals surface area contributed by atoms with E-state index in [1.54, 1.807) is 0 Å². The van der Waals surface area contributed by atoms with Gasteiger partial charge in [-0.15, -0.1) is 0 Å². The van der Waals surface area contributed by atoms with Gasteiger partial charge in [0.25, 0.3) is 0 Å². The molecule has 0 amide bonds. The van der Waals surface area contributed by atoms with Crippen LogP contribution >= 0.6 is 0 Å². The summed E-state index contributed by atoms with van der Waals surface area (Å²) in [5.74, 6) is -1.08. The SMILES string of the molecule is CC(C)c1cc(F)c(C2c3ccccc3CCN2CC(C)(C)F)c(F)c1. The lowest BCUT2D eigenvalue weighted by Crippen LogP contribution is -2.43. The summed E-state index contributed by atoms with van der Waals surface area (Å²) in [5.41, 5.74) is 1.13. The average molecular weight is 361 g/mol. The molecule has 2 aromatic carbocycles. The second kappa shape index (κ2) is 7.07. The molecule has 1 nitrogen and oxygen atoms in total. The highest BCUT2D eigenvalue weighted by Crippen LogP contribution is 2.39. The Morgan fingerprint density at radius 1 is 1.12 bits per heavy atom. The third-order valence-electron chi connectivity index (χ3n) is 5.00. The predicted molar refractivity (Wildman–Crippen MR) is 99.2 cm³/mol. The van der Waals surface area contributed by atoms with E-state index in [2.05, 4.69) is 0 Å². The van der Waals surface area contributed by atoms with Crippen LogP contribution < -0.4 is 0 Å². The average Bonchev–Trinajstić information content (AvgIpc) is 2.54. The lowest BCUT2D eigenvalue weighted by molar-refractivity contribution is 0.0972. The molecule has 0 fully saturated rings. The van der Waals surface area contributed by atoms with Crippen LogP contribution in [0.1, 0.15) is 61.9 Å². The first-order chi connectivity index (χ1) is 12.2. The molecule has 0 saturated carbocycles. The Morgan fingerprint density at radius 3 is 2.31 bits per heavy atom. The lowest BCUT2D eigenvalue weighted by Gasteiger charge is -2.40. The fraction of sp³-hybridized carbons (Fsp3) is 0.455. The summed E-state index contributed by atoms with van der Waals surface area (Å²) in [6.45, 7) is 7.50. The van der Waals surface area contributed by atoms with Crippen LogP contribution in [0.3, 0.4) is 0 Å². The van der Waals surface area contributed by atoms with E-state index in [-0.39, 0.29) is 18.0 Å². The van der Waals surface area contributed by atoms with Crippen LogP contribution in [0.15, 0.2) is 36.4 Å². The molecule has 0 radical (unpaired) electrons. The standard InChI is InChI=1S/C22H26F3N/c1-14(2)16-11-18(23)20(19(24)12-16)21-17-8-6-5-7-15(17)9-10-26(21)13-22(3,4)25/h5-8,11-12,14,21H,9-10,13H2,1-4H3. The number of benzene rings is 2. The zero-order chi connectivity index (χ0) is 19.1. The highest BCUT2D eigenvalue weighted by atomic mass is 19.1. The van der Waals surface area contributed by atoms with Crippen molar-refractivity contribution in [3.05, 3.63) is 70.3 Å². The van der Waals surface area contributed by atoms with Gasteiger partial charge < -0.3 is 0 Å². The first-order valence-electron chi connectivity index (χ1n) is 9.17. The third-order valence-corrected chi connectivity index (χ3v) is 5.00. The number of hydrogen-bond acceptors (Lipinski definition) is 1. The number of rotatable bonds is 4. The van der Waals surface area contributed by atoms with Gasteiger partial charge >= 0.3 is 0 Å². The van der Waals surface area contributed by atoms with Crippen LogP contribution in [-0.2, 0) is 6.42 Å². The number of halogens is 3. The predicted octanol–water partition coefficient (Wildman–Crippen LogP) is 5.78. The molecule has 26 heavy (non-hydrogen) atoms. The van der Waals surface area contributed by atoms with Crippen LogP contribution in [0.4, 0.5) is 13.2 Å². The van der Waals surface area contributed by atoms with Gasteiger partial charge in [-0.3, -0.25) is 4.90 Å². The van der Waals surface area contributed by atoms with Crippen molar-refractivity contribution < 1.29 is 13.2 Å². The van der Waals surface area contributed by atoms with Gasteiger partial charge in [0.1, 0.15) is 17.3 Å². The van der Waals surface area contributed by atoms with Crippen molar-refractivity contribution in [2.75, 3.05) is 13.1 Å². The molecular formula is C22H26F3N. The maximum Gasteiger partial charge on any atom is 0.131 e. The highest BCUT2D eigenvalue weighted by molar-refractivity contribution is 5.42. The minimum absolute atomic E-state index is 0.0193. The Labute approximate surface area is 153 Å². The van der Waals surface area contributed by atoms with Crippen molar-refractivity contribution in [3.8, 4) is 0 Å². The van der Waals surface area contributed by atoms with Crippen LogP contribution in [0.2, 0.25) is 0 Å². The van der Waals surface area contributed by atoms with Crippen LogP contribution in [0, 0.1) is 11.6 Å². The summed E-state index contributed by atoms with van der Waals surface area (Å²) in [6.07, 6.45) is 0.746. The smallest absolute Gasteiger partial charge is 0.131 e. The van der Waals surface area contributed by atoms with Gasteiger partial charge in [0, 0.05) is 18.7 Å². The second-order valence-electron chi connectivity index (χ2n) is 8.09. The summed E-state index contributed by atoms with van der Waals surface area (Å²) in [4.78, 5) is 1.86. The van der Waals surface area contributed by atoms with Gasteiger partial charge in [-0.2, -0.15) is 0 Å². The monoisotopic (exact) mass is 361 g/mol. The maximum atomic E-state index is 15.0. The maximum absolute atomic E-state index is 15.0. The van der Waals surface area contributed by atoms with E-state index < -0.39 is 23.3 Å². The number of nitrogens with zero attached hydrogens (tertiary/aromatic N) is 1. The molecule has 140 valence electrons. The Hall–Kier alpha value is -1.81. The van der Waals surface area contributed by atoms with Gasteiger partial charge in [-0.05, 0) is 55.0 Å². The van der Waals surface area contributed by atoms with E-state index >= 15 is 0 Å². The molecule has 1 unspecified atom stereocenters. The van der Waals surface area contributed by atoms with E-state index in [0.29, 0.717) is 12.1 Å². The van der Waals surface area contributed by atoms with Gasteiger partial charge in [0.15, 0.2) is 0 Å². The normalized spacial score (nSPS) is 18.2. The van der Waals surface area contributed by atoms with Crippen molar-refractivity contribution in [1.29, 1.82) is 0 Å². The summed E-state index contributed by atoms with van der Waals surface area (Å²) in [6, 6.07) is 9.90. The Morgan fingerprint density at radius 2 is 1.73 bits per heavy atom. The molecule has 1 aliphatic rings. The zero-order valence-electron chi connectivity index (χ0n) is 15.8. The summed E-state index contributed by atoms with van der Waals surface area (Å²) >= 11 is 0. The molecule has 2 aromatic rings. The molecule has 0 spiro atoms.